The van der Waals surface area contributed by atoms with Gasteiger partial charge in [-0.05, 0) is 47.2 Å². The number of aryl methyl sites for hydroxylation is 1. The summed E-state index contributed by atoms with van der Waals surface area (Å²) in [6, 6.07) is 25.5. The first kappa shape index (κ1) is 29.1. The number of fused-ring (bicyclic) bond motifs is 1. The van der Waals surface area contributed by atoms with Crippen LogP contribution in [0.5, 0.6) is 0 Å². The Balaban J connectivity index is 1.34. The summed E-state index contributed by atoms with van der Waals surface area (Å²) in [7, 11) is 0. The third-order valence-electron chi connectivity index (χ3n) is 7.89. The molecule has 0 radical (unpaired) electrons. The molecule has 0 spiro atoms. The Labute approximate surface area is 261 Å². The lowest BCUT2D eigenvalue weighted by atomic mass is 9.97. The average molecular weight is 600 g/mol. The van der Waals surface area contributed by atoms with Crippen LogP contribution >= 0.6 is 11.3 Å². The highest BCUT2D eigenvalue weighted by Gasteiger charge is 2.34. The minimum absolute atomic E-state index is 0.0485. The van der Waals surface area contributed by atoms with E-state index < -0.39 is 6.04 Å². The van der Waals surface area contributed by atoms with Crippen molar-refractivity contribution in [2.45, 2.75) is 38.9 Å². The highest BCUT2D eigenvalue weighted by molar-refractivity contribution is 7.09. The quantitative estimate of drug-likeness (QED) is 0.190. The van der Waals surface area contributed by atoms with Gasteiger partial charge in [-0.25, -0.2) is 15.0 Å². The zero-order chi connectivity index (χ0) is 30.3. The largest absolute Gasteiger partial charge is 0.336 e. The average Bonchev–Trinajstić information content (AvgIpc) is 3.50. The Bertz CT molecular complexity index is 1750. The molecule has 44 heavy (non-hydrogen) atoms. The van der Waals surface area contributed by atoms with Crippen LogP contribution in [-0.2, 0) is 35.5 Å². The molecule has 7 nitrogen and oxygen atoms in total. The standard InChI is InChI=1S/C36H33N5O2S/c1-26-39-33(24-44-26)15-16-35(42)41(22-28-11-13-30(14-12-28)32-20-37-25-38-21-32)34(19-27-7-3-2-4-8-27)36(43)40-18-17-29-9-5-6-10-31(29)23-40/h2-16,20-21,24-25,34H,17-19,22-23H2,1H3/b16-15+/t34-/m0/s1. The van der Waals surface area contributed by atoms with Gasteiger partial charge in [0.15, 0.2) is 0 Å². The van der Waals surface area contributed by atoms with Gasteiger partial charge >= 0.3 is 0 Å². The molecule has 8 heteroatoms. The zero-order valence-corrected chi connectivity index (χ0v) is 25.4. The number of benzene rings is 3. The van der Waals surface area contributed by atoms with Gasteiger partial charge in [0, 0.05) is 55.5 Å². The van der Waals surface area contributed by atoms with Gasteiger partial charge < -0.3 is 9.80 Å². The maximum atomic E-state index is 14.4. The van der Waals surface area contributed by atoms with E-state index >= 15 is 0 Å². The van der Waals surface area contributed by atoms with Crippen LogP contribution in [0, 0.1) is 6.92 Å². The highest BCUT2D eigenvalue weighted by Crippen LogP contribution is 2.24. The van der Waals surface area contributed by atoms with Gasteiger partial charge in [0.2, 0.25) is 11.8 Å². The molecule has 0 N–H and O–H groups in total. The first-order chi connectivity index (χ1) is 21.5. The van der Waals surface area contributed by atoms with Crippen molar-refractivity contribution in [3.63, 3.8) is 0 Å². The third-order valence-corrected chi connectivity index (χ3v) is 8.68. The van der Waals surface area contributed by atoms with E-state index in [1.54, 1.807) is 29.4 Å². The molecule has 3 heterocycles. The number of rotatable bonds is 9. The number of aromatic nitrogens is 3. The van der Waals surface area contributed by atoms with E-state index in [9.17, 15) is 9.59 Å². The van der Waals surface area contributed by atoms with Crippen molar-refractivity contribution in [2.75, 3.05) is 6.54 Å². The SMILES string of the molecule is Cc1nc(/C=C/C(=O)N(Cc2ccc(-c3cncnc3)cc2)[C@@H](Cc2ccccc2)C(=O)N2CCc3ccccc3C2)cs1. The molecule has 0 bridgehead atoms. The van der Waals surface area contributed by atoms with Gasteiger partial charge in [0.1, 0.15) is 12.4 Å². The van der Waals surface area contributed by atoms with E-state index in [0.717, 1.165) is 44.9 Å². The number of hydrogen-bond acceptors (Lipinski definition) is 6. The van der Waals surface area contributed by atoms with E-state index in [2.05, 4.69) is 27.1 Å². The molecule has 6 rings (SSSR count). The summed E-state index contributed by atoms with van der Waals surface area (Å²) < 4.78 is 0. The van der Waals surface area contributed by atoms with Crippen LogP contribution in [0.15, 0.2) is 109 Å². The fourth-order valence-electron chi connectivity index (χ4n) is 5.56. The zero-order valence-electron chi connectivity index (χ0n) is 24.5. The minimum atomic E-state index is -0.695. The van der Waals surface area contributed by atoms with Crippen LogP contribution in [0.3, 0.4) is 0 Å². The number of carbonyl (C=O) groups excluding carboxylic acids is 2. The van der Waals surface area contributed by atoms with Gasteiger partial charge in [-0.2, -0.15) is 0 Å². The molecule has 220 valence electrons. The molecule has 0 aliphatic carbocycles. The highest BCUT2D eigenvalue weighted by atomic mass is 32.1. The molecule has 1 aliphatic heterocycles. The minimum Gasteiger partial charge on any atom is -0.336 e. The van der Waals surface area contributed by atoms with Crippen molar-refractivity contribution < 1.29 is 9.59 Å². The summed E-state index contributed by atoms with van der Waals surface area (Å²) in [5.41, 5.74) is 6.98. The molecule has 5 aromatic rings. The van der Waals surface area contributed by atoms with E-state index in [1.165, 1.54) is 23.2 Å². The lowest BCUT2D eigenvalue weighted by Gasteiger charge is -2.37. The fraction of sp³-hybridized carbons (Fsp3) is 0.194. The number of thiazole rings is 1. The fourth-order valence-corrected chi connectivity index (χ4v) is 6.14. The maximum absolute atomic E-state index is 14.4. The van der Waals surface area contributed by atoms with Gasteiger partial charge in [-0.3, -0.25) is 9.59 Å². The Kier molecular flexibility index (Phi) is 8.98. The van der Waals surface area contributed by atoms with Gasteiger partial charge in [0.05, 0.1) is 10.7 Å². The van der Waals surface area contributed by atoms with Gasteiger partial charge in [-0.15, -0.1) is 11.3 Å². The van der Waals surface area contributed by atoms with Crippen LogP contribution in [-0.4, -0.2) is 49.2 Å². The molecular weight excluding hydrogens is 566 g/mol. The van der Waals surface area contributed by atoms with Crippen LogP contribution in [0.25, 0.3) is 17.2 Å². The van der Waals surface area contributed by atoms with Gasteiger partial charge in [0.25, 0.3) is 0 Å². The second-order valence-electron chi connectivity index (χ2n) is 10.9. The first-order valence-corrected chi connectivity index (χ1v) is 15.6. The van der Waals surface area contributed by atoms with Crippen LogP contribution in [0.4, 0.5) is 0 Å². The molecule has 0 saturated heterocycles. The number of amides is 2. The van der Waals surface area contributed by atoms with Crippen molar-refractivity contribution in [1.82, 2.24) is 24.8 Å². The summed E-state index contributed by atoms with van der Waals surface area (Å²) >= 11 is 1.54. The predicted octanol–water partition coefficient (Wildman–Crippen LogP) is 6.15. The Morgan fingerprint density at radius 1 is 0.909 bits per heavy atom. The predicted molar refractivity (Wildman–Crippen MR) is 173 cm³/mol. The number of carbonyl (C=O) groups is 2. The molecule has 0 fully saturated rings. The summed E-state index contributed by atoms with van der Waals surface area (Å²) in [5.74, 6) is -0.282. The smallest absolute Gasteiger partial charge is 0.247 e. The normalized spacial score (nSPS) is 13.4. The van der Waals surface area contributed by atoms with Crippen molar-refractivity contribution in [2.24, 2.45) is 0 Å². The van der Waals surface area contributed by atoms with Crippen LogP contribution in [0.2, 0.25) is 0 Å². The van der Waals surface area contributed by atoms with Crippen molar-refractivity contribution in [3.8, 4) is 11.1 Å². The Hall–Kier alpha value is -4.95. The number of hydrogen-bond donors (Lipinski definition) is 0. The Morgan fingerprint density at radius 2 is 1.64 bits per heavy atom. The summed E-state index contributed by atoms with van der Waals surface area (Å²) in [4.78, 5) is 44.9. The van der Waals surface area contributed by atoms with Crippen molar-refractivity contribution >= 4 is 29.2 Å². The summed E-state index contributed by atoms with van der Waals surface area (Å²) in [5, 5.41) is 2.85. The molecule has 2 amide bonds. The lowest BCUT2D eigenvalue weighted by Crippen LogP contribution is -2.52. The third kappa shape index (κ3) is 6.98. The molecule has 2 aromatic heterocycles. The summed E-state index contributed by atoms with van der Waals surface area (Å²) in [6.45, 7) is 3.36. The van der Waals surface area contributed by atoms with Crippen molar-refractivity contribution in [3.05, 3.63) is 142 Å². The van der Waals surface area contributed by atoms with E-state index in [1.807, 2.05) is 83.9 Å². The number of nitrogens with zero attached hydrogens (tertiary/aromatic N) is 5. The topological polar surface area (TPSA) is 79.3 Å². The molecule has 0 unspecified atom stereocenters. The first-order valence-electron chi connectivity index (χ1n) is 14.7. The van der Waals surface area contributed by atoms with E-state index in [4.69, 9.17) is 0 Å². The maximum Gasteiger partial charge on any atom is 0.247 e. The van der Waals surface area contributed by atoms with Gasteiger partial charge in [-0.1, -0.05) is 78.9 Å². The molecule has 3 aromatic carbocycles. The molecule has 1 aliphatic rings. The second kappa shape index (κ2) is 13.6. The summed E-state index contributed by atoms with van der Waals surface area (Å²) in [6.07, 6.45) is 9.53. The van der Waals surface area contributed by atoms with Crippen LogP contribution in [0.1, 0.15) is 33.0 Å². The molecular formula is C36H33N5O2S. The van der Waals surface area contributed by atoms with Crippen LogP contribution < -0.4 is 0 Å². The Morgan fingerprint density at radius 3 is 2.36 bits per heavy atom. The second-order valence-corrected chi connectivity index (χ2v) is 12.0. The van der Waals surface area contributed by atoms with E-state index in [0.29, 0.717) is 19.5 Å². The van der Waals surface area contributed by atoms with E-state index in [-0.39, 0.29) is 18.4 Å². The lowest BCUT2D eigenvalue weighted by molar-refractivity contribution is -0.144. The molecule has 1 atom stereocenters. The van der Waals surface area contributed by atoms with Crippen molar-refractivity contribution in [1.29, 1.82) is 0 Å². The monoisotopic (exact) mass is 599 g/mol. The molecule has 0 saturated carbocycles.